The largest absolute Gasteiger partial charge is 0.329 e. The van der Waals surface area contributed by atoms with Gasteiger partial charge in [0.15, 0.2) is 0 Å². The lowest BCUT2D eigenvalue weighted by Gasteiger charge is -2.31. The maximum absolute atomic E-state index is 4.41. The van der Waals surface area contributed by atoms with Crippen LogP contribution in [0.5, 0.6) is 0 Å². The minimum absolute atomic E-state index is 0.473. The van der Waals surface area contributed by atoms with E-state index in [-0.39, 0.29) is 0 Å². The Labute approximate surface area is 123 Å². The number of nitrogens with zero attached hydrogens (tertiary/aromatic N) is 3. The third-order valence-corrected chi connectivity index (χ3v) is 4.56. The van der Waals surface area contributed by atoms with Crippen molar-refractivity contribution in [1.82, 2.24) is 19.8 Å². The molecular weight excluding hydrogens is 248 g/mol. The van der Waals surface area contributed by atoms with Crippen molar-refractivity contribution in [3.8, 4) is 0 Å². The molecule has 1 fully saturated rings. The SMILES string of the molecule is CCN(CC)CC(C)n1cncc1C1CCCC(C)N1. The number of nitrogens with one attached hydrogen (secondary N) is 1. The van der Waals surface area contributed by atoms with Crippen molar-refractivity contribution in [1.29, 1.82) is 0 Å². The Bertz CT molecular complexity index is 397. The molecule has 1 aromatic rings. The highest BCUT2D eigenvalue weighted by molar-refractivity contribution is 5.08. The lowest BCUT2D eigenvalue weighted by molar-refractivity contribution is 0.252. The Balaban J connectivity index is 2.07. The molecule has 4 heteroatoms. The summed E-state index contributed by atoms with van der Waals surface area (Å²) in [7, 11) is 0. The van der Waals surface area contributed by atoms with Crippen LogP contribution in [0.25, 0.3) is 0 Å². The summed E-state index contributed by atoms with van der Waals surface area (Å²) in [6.45, 7) is 12.4. The molecule has 0 aliphatic carbocycles. The fourth-order valence-corrected chi connectivity index (χ4v) is 3.27. The first kappa shape index (κ1) is 15.5. The monoisotopic (exact) mass is 278 g/mol. The summed E-state index contributed by atoms with van der Waals surface area (Å²) in [6.07, 6.45) is 7.89. The van der Waals surface area contributed by atoms with E-state index in [9.17, 15) is 0 Å². The van der Waals surface area contributed by atoms with Gasteiger partial charge < -0.3 is 14.8 Å². The van der Waals surface area contributed by atoms with Gasteiger partial charge in [-0.2, -0.15) is 0 Å². The van der Waals surface area contributed by atoms with Crippen LogP contribution in [0.15, 0.2) is 12.5 Å². The average molecular weight is 278 g/mol. The van der Waals surface area contributed by atoms with E-state index in [0.717, 1.165) is 19.6 Å². The smallest absolute Gasteiger partial charge is 0.0951 e. The van der Waals surface area contributed by atoms with Crippen LogP contribution in [0.2, 0.25) is 0 Å². The van der Waals surface area contributed by atoms with Gasteiger partial charge in [-0.1, -0.05) is 13.8 Å². The van der Waals surface area contributed by atoms with E-state index >= 15 is 0 Å². The van der Waals surface area contributed by atoms with Crippen molar-refractivity contribution in [3.63, 3.8) is 0 Å². The standard InChI is InChI=1S/C16H30N4/c1-5-19(6-2)11-14(4)20-12-17-10-16(20)15-9-7-8-13(3)18-15/h10,12-15,18H,5-9,11H2,1-4H3. The van der Waals surface area contributed by atoms with Crippen LogP contribution in [-0.4, -0.2) is 40.1 Å². The fourth-order valence-electron chi connectivity index (χ4n) is 3.27. The third-order valence-electron chi connectivity index (χ3n) is 4.56. The lowest BCUT2D eigenvalue weighted by Crippen LogP contribution is -2.36. The molecule has 2 rings (SSSR count). The molecule has 3 atom stereocenters. The maximum Gasteiger partial charge on any atom is 0.0951 e. The van der Waals surface area contributed by atoms with Crippen molar-refractivity contribution >= 4 is 0 Å². The molecule has 4 nitrogen and oxygen atoms in total. The quantitative estimate of drug-likeness (QED) is 0.868. The second-order valence-electron chi connectivity index (χ2n) is 6.11. The number of rotatable bonds is 6. The van der Waals surface area contributed by atoms with E-state index in [1.165, 1.54) is 25.0 Å². The predicted molar refractivity (Wildman–Crippen MR) is 83.9 cm³/mol. The molecular formula is C16H30N4. The number of aromatic nitrogens is 2. The highest BCUT2D eigenvalue weighted by atomic mass is 15.2. The number of hydrogen-bond acceptors (Lipinski definition) is 3. The van der Waals surface area contributed by atoms with Crippen molar-refractivity contribution in [2.45, 2.75) is 65.1 Å². The maximum atomic E-state index is 4.41. The van der Waals surface area contributed by atoms with Crippen LogP contribution in [0.4, 0.5) is 0 Å². The Morgan fingerprint density at radius 3 is 2.80 bits per heavy atom. The van der Waals surface area contributed by atoms with Gasteiger partial charge in [-0.25, -0.2) is 4.98 Å². The van der Waals surface area contributed by atoms with Crippen LogP contribution in [0.1, 0.15) is 64.7 Å². The molecule has 1 saturated heterocycles. The molecule has 0 spiro atoms. The summed E-state index contributed by atoms with van der Waals surface area (Å²) in [4.78, 5) is 6.88. The lowest BCUT2D eigenvalue weighted by atomic mass is 9.97. The molecule has 0 radical (unpaired) electrons. The van der Waals surface area contributed by atoms with Gasteiger partial charge in [0, 0.05) is 30.9 Å². The molecule has 20 heavy (non-hydrogen) atoms. The number of imidazole rings is 1. The highest BCUT2D eigenvalue weighted by Gasteiger charge is 2.23. The zero-order chi connectivity index (χ0) is 14.5. The van der Waals surface area contributed by atoms with Gasteiger partial charge in [0.2, 0.25) is 0 Å². The van der Waals surface area contributed by atoms with Crippen molar-refractivity contribution < 1.29 is 0 Å². The second kappa shape index (κ2) is 7.23. The second-order valence-corrected chi connectivity index (χ2v) is 6.11. The first-order valence-electron chi connectivity index (χ1n) is 8.15. The Morgan fingerprint density at radius 1 is 1.40 bits per heavy atom. The molecule has 0 bridgehead atoms. The predicted octanol–water partition coefficient (Wildman–Crippen LogP) is 2.99. The van der Waals surface area contributed by atoms with Gasteiger partial charge in [0.05, 0.1) is 12.0 Å². The van der Waals surface area contributed by atoms with Gasteiger partial charge in [-0.3, -0.25) is 0 Å². The van der Waals surface area contributed by atoms with Crippen LogP contribution >= 0.6 is 0 Å². The van der Waals surface area contributed by atoms with Crippen LogP contribution in [0, 0.1) is 0 Å². The zero-order valence-corrected chi connectivity index (χ0v) is 13.5. The number of hydrogen-bond donors (Lipinski definition) is 1. The summed E-state index contributed by atoms with van der Waals surface area (Å²) in [5.74, 6) is 0. The van der Waals surface area contributed by atoms with E-state index in [2.05, 4.69) is 53.7 Å². The van der Waals surface area contributed by atoms with E-state index in [0.29, 0.717) is 18.1 Å². The minimum atomic E-state index is 0.473. The first-order chi connectivity index (χ1) is 9.65. The fraction of sp³-hybridized carbons (Fsp3) is 0.812. The Hall–Kier alpha value is -0.870. The molecule has 3 unspecified atom stereocenters. The molecule has 0 amide bonds. The van der Waals surface area contributed by atoms with E-state index in [1.807, 2.05) is 6.33 Å². The minimum Gasteiger partial charge on any atom is -0.329 e. The van der Waals surface area contributed by atoms with Gasteiger partial charge >= 0.3 is 0 Å². The molecule has 1 N–H and O–H groups in total. The summed E-state index contributed by atoms with van der Waals surface area (Å²) < 4.78 is 2.37. The van der Waals surface area contributed by atoms with Crippen molar-refractivity contribution in [2.75, 3.05) is 19.6 Å². The molecule has 1 aromatic heterocycles. The number of likely N-dealkylation sites (N-methyl/N-ethyl adjacent to an activating group) is 1. The normalized spacial score (nSPS) is 25.1. The van der Waals surface area contributed by atoms with Crippen molar-refractivity contribution in [3.05, 3.63) is 18.2 Å². The molecule has 1 aliphatic heterocycles. The molecule has 0 aromatic carbocycles. The van der Waals surface area contributed by atoms with Gasteiger partial charge in [0.1, 0.15) is 0 Å². The molecule has 114 valence electrons. The summed E-state index contributed by atoms with van der Waals surface area (Å²) in [6, 6.07) is 1.57. The summed E-state index contributed by atoms with van der Waals surface area (Å²) >= 11 is 0. The Morgan fingerprint density at radius 2 is 2.15 bits per heavy atom. The summed E-state index contributed by atoms with van der Waals surface area (Å²) in [5, 5.41) is 3.72. The zero-order valence-electron chi connectivity index (χ0n) is 13.5. The molecule has 0 saturated carbocycles. The van der Waals surface area contributed by atoms with Crippen LogP contribution in [-0.2, 0) is 0 Å². The van der Waals surface area contributed by atoms with Gasteiger partial charge in [-0.05, 0) is 46.2 Å². The van der Waals surface area contributed by atoms with E-state index in [4.69, 9.17) is 0 Å². The van der Waals surface area contributed by atoms with Gasteiger partial charge in [-0.15, -0.1) is 0 Å². The Kier molecular flexibility index (Phi) is 5.61. The first-order valence-corrected chi connectivity index (χ1v) is 8.15. The highest BCUT2D eigenvalue weighted by Crippen LogP contribution is 2.27. The van der Waals surface area contributed by atoms with Crippen LogP contribution < -0.4 is 5.32 Å². The number of piperidine rings is 1. The molecule has 2 heterocycles. The molecule has 1 aliphatic rings. The van der Waals surface area contributed by atoms with Crippen molar-refractivity contribution in [2.24, 2.45) is 0 Å². The average Bonchev–Trinajstić information content (AvgIpc) is 2.94. The van der Waals surface area contributed by atoms with Gasteiger partial charge in [0.25, 0.3) is 0 Å². The topological polar surface area (TPSA) is 33.1 Å². The summed E-state index contributed by atoms with van der Waals surface area (Å²) in [5.41, 5.74) is 1.36. The van der Waals surface area contributed by atoms with E-state index < -0.39 is 0 Å². The van der Waals surface area contributed by atoms with Crippen LogP contribution in [0.3, 0.4) is 0 Å². The third kappa shape index (κ3) is 3.61. The van der Waals surface area contributed by atoms with E-state index in [1.54, 1.807) is 0 Å².